The van der Waals surface area contributed by atoms with E-state index in [-0.39, 0.29) is 17.6 Å². The van der Waals surface area contributed by atoms with Crippen LogP contribution in [0.3, 0.4) is 0 Å². The summed E-state index contributed by atoms with van der Waals surface area (Å²) in [4.78, 5) is 28.2. The average Bonchev–Trinajstić information content (AvgIpc) is 3.21. The molecular formula is C27H28N2O5. The van der Waals surface area contributed by atoms with Gasteiger partial charge in [-0.1, -0.05) is 0 Å². The van der Waals surface area contributed by atoms with Gasteiger partial charge in [0.1, 0.15) is 17.1 Å². The maximum atomic E-state index is 12.9. The molecular weight excluding hydrogens is 432 g/mol. The number of fused-ring (bicyclic) bond motifs is 4. The van der Waals surface area contributed by atoms with Gasteiger partial charge in [0.2, 0.25) is 5.91 Å². The molecule has 2 aromatic carbocycles. The number of aromatic amines is 1. The van der Waals surface area contributed by atoms with Crippen LogP contribution in [0.4, 0.5) is 0 Å². The molecule has 176 valence electrons. The van der Waals surface area contributed by atoms with E-state index >= 15 is 0 Å². The van der Waals surface area contributed by atoms with Crippen LogP contribution >= 0.6 is 0 Å². The molecule has 0 aliphatic heterocycles. The van der Waals surface area contributed by atoms with Crippen LogP contribution in [0.1, 0.15) is 47.7 Å². The molecule has 0 saturated heterocycles. The van der Waals surface area contributed by atoms with Crippen LogP contribution in [0.5, 0.6) is 11.5 Å². The normalized spacial score (nSPS) is 15.3. The summed E-state index contributed by atoms with van der Waals surface area (Å²) in [6.07, 6.45) is 3.76. The van der Waals surface area contributed by atoms with E-state index in [0.29, 0.717) is 24.2 Å². The van der Waals surface area contributed by atoms with E-state index in [4.69, 9.17) is 13.9 Å². The van der Waals surface area contributed by atoms with Gasteiger partial charge in [-0.3, -0.25) is 4.79 Å². The first-order valence-electron chi connectivity index (χ1n) is 11.6. The molecule has 7 heteroatoms. The predicted molar refractivity (Wildman–Crippen MR) is 131 cm³/mol. The van der Waals surface area contributed by atoms with Gasteiger partial charge in [0.15, 0.2) is 0 Å². The van der Waals surface area contributed by atoms with Gasteiger partial charge in [-0.15, -0.1) is 0 Å². The highest BCUT2D eigenvalue weighted by Crippen LogP contribution is 2.36. The number of amides is 1. The third-order valence-electron chi connectivity index (χ3n) is 6.72. The number of benzene rings is 2. The second kappa shape index (κ2) is 8.89. The zero-order chi connectivity index (χ0) is 23.8. The number of ether oxygens (including phenoxy) is 2. The largest absolute Gasteiger partial charge is 0.497 e. The minimum Gasteiger partial charge on any atom is -0.497 e. The van der Waals surface area contributed by atoms with E-state index in [2.05, 4.69) is 16.4 Å². The molecule has 1 amide bonds. The van der Waals surface area contributed by atoms with E-state index < -0.39 is 0 Å². The van der Waals surface area contributed by atoms with Gasteiger partial charge >= 0.3 is 5.63 Å². The third-order valence-corrected chi connectivity index (χ3v) is 6.72. The number of hydrogen-bond donors (Lipinski definition) is 2. The van der Waals surface area contributed by atoms with Crippen LogP contribution in [0.2, 0.25) is 0 Å². The molecule has 34 heavy (non-hydrogen) atoms. The molecule has 7 nitrogen and oxygen atoms in total. The molecule has 2 N–H and O–H groups in total. The lowest BCUT2D eigenvalue weighted by atomic mass is 9.91. The van der Waals surface area contributed by atoms with Crippen molar-refractivity contribution in [1.82, 2.24) is 10.3 Å². The number of carbonyl (C=O) groups is 1. The first-order valence-corrected chi connectivity index (χ1v) is 11.6. The number of methoxy groups -OCH3 is 2. The van der Waals surface area contributed by atoms with E-state index in [0.717, 1.165) is 58.1 Å². The van der Waals surface area contributed by atoms with E-state index in [9.17, 15) is 9.59 Å². The molecule has 1 aliphatic rings. The van der Waals surface area contributed by atoms with Crippen molar-refractivity contribution >= 4 is 27.8 Å². The van der Waals surface area contributed by atoms with Crippen LogP contribution in [0, 0.1) is 6.92 Å². The second-order valence-electron chi connectivity index (χ2n) is 8.85. The summed E-state index contributed by atoms with van der Waals surface area (Å²) < 4.78 is 16.2. The summed E-state index contributed by atoms with van der Waals surface area (Å²) in [5.74, 6) is 1.44. The van der Waals surface area contributed by atoms with Gasteiger partial charge in [0.25, 0.3) is 0 Å². The van der Waals surface area contributed by atoms with Crippen molar-refractivity contribution < 1.29 is 18.7 Å². The van der Waals surface area contributed by atoms with Gasteiger partial charge in [-0.05, 0) is 73.6 Å². The summed E-state index contributed by atoms with van der Waals surface area (Å²) in [5, 5.41) is 5.24. The van der Waals surface area contributed by atoms with Crippen LogP contribution in [0.15, 0.2) is 45.6 Å². The zero-order valence-corrected chi connectivity index (χ0v) is 19.6. The fourth-order valence-electron chi connectivity index (χ4n) is 5.00. The Kier molecular flexibility index (Phi) is 5.77. The Bertz CT molecular complexity index is 1450. The van der Waals surface area contributed by atoms with Crippen molar-refractivity contribution in [2.45, 2.75) is 45.1 Å². The van der Waals surface area contributed by atoms with Crippen molar-refractivity contribution in [2.24, 2.45) is 0 Å². The monoisotopic (exact) mass is 460 g/mol. The van der Waals surface area contributed by atoms with E-state index in [1.807, 2.05) is 25.1 Å². The molecule has 0 radical (unpaired) electrons. The number of carbonyl (C=O) groups excluding carboxylic acids is 1. The van der Waals surface area contributed by atoms with Gasteiger partial charge < -0.3 is 24.2 Å². The van der Waals surface area contributed by atoms with Crippen LogP contribution < -0.4 is 20.4 Å². The summed E-state index contributed by atoms with van der Waals surface area (Å²) >= 11 is 0. The SMILES string of the molecule is COc1ccc2[nH]c3c(c2c1)CCCC3NC(=O)CCc1cc2c(C)cc(=O)oc2cc1OC. The Morgan fingerprint density at radius 3 is 2.79 bits per heavy atom. The van der Waals surface area contributed by atoms with Crippen molar-refractivity contribution in [3.05, 3.63) is 69.2 Å². The molecule has 2 heterocycles. The fraction of sp³-hybridized carbons (Fsp3) is 0.333. The summed E-state index contributed by atoms with van der Waals surface area (Å²) in [7, 11) is 3.25. The smallest absolute Gasteiger partial charge is 0.336 e. The Morgan fingerprint density at radius 2 is 2.00 bits per heavy atom. The fourth-order valence-corrected chi connectivity index (χ4v) is 5.00. The van der Waals surface area contributed by atoms with Gasteiger partial charge in [0, 0.05) is 40.5 Å². The molecule has 1 unspecified atom stereocenters. The quantitative estimate of drug-likeness (QED) is 0.406. The van der Waals surface area contributed by atoms with Gasteiger partial charge in [-0.2, -0.15) is 0 Å². The van der Waals surface area contributed by atoms with E-state index in [1.165, 1.54) is 11.6 Å². The highest BCUT2D eigenvalue weighted by atomic mass is 16.5. The molecule has 0 fully saturated rings. The lowest BCUT2D eigenvalue weighted by Gasteiger charge is -2.24. The lowest BCUT2D eigenvalue weighted by molar-refractivity contribution is -0.121. The summed E-state index contributed by atoms with van der Waals surface area (Å²) in [6, 6.07) is 11.1. The molecule has 1 atom stereocenters. The second-order valence-corrected chi connectivity index (χ2v) is 8.85. The highest BCUT2D eigenvalue weighted by Gasteiger charge is 2.26. The van der Waals surface area contributed by atoms with Crippen LogP contribution in [0.25, 0.3) is 21.9 Å². The standard InChI is InChI=1S/C27H28N2O5/c1-15-11-26(31)34-24-14-23(33-3)16(12-19(15)24)7-10-25(30)28-22-6-4-5-18-20-13-17(32-2)8-9-21(20)29-27(18)22/h8-9,11-14,22,29H,4-7,10H2,1-3H3,(H,28,30). The van der Waals surface area contributed by atoms with Crippen LogP contribution in [-0.2, 0) is 17.6 Å². The lowest BCUT2D eigenvalue weighted by Crippen LogP contribution is -2.31. The summed E-state index contributed by atoms with van der Waals surface area (Å²) in [5.41, 5.74) is 5.26. The summed E-state index contributed by atoms with van der Waals surface area (Å²) in [6.45, 7) is 1.87. The van der Waals surface area contributed by atoms with E-state index in [1.54, 1.807) is 20.3 Å². The molecule has 2 aromatic heterocycles. The maximum Gasteiger partial charge on any atom is 0.336 e. The molecule has 0 spiro atoms. The van der Waals surface area contributed by atoms with Crippen molar-refractivity contribution in [3.8, 4) is 11.5 Å². The molecule has 5 rings (SSSR count). The topological polar surface area (TPSA) is 93.6 Å². The molecule has 1 aliphatic carbocycles. The Morgan fingerprint density at radius 1 is 1.15 bits per heavy atom. The Balaban J connectivity index is 1.34. The van der Waals surface area contributed by atoms with Crippen molar-refractivity contribution in [2.75, 3.05) is 14.2 Å². The van der Waals surface area contributed by atoms with Gasteiger partial charge in [0.05, 0.1) is 20.3 Å². The van der Waals surface area contributed by atoms with Gasteiger partial charge in [-0.25, -0.2) is 4.79 Å². The highest BCUT2D eigenvalue weighted by molar-refractivity contribution is 5.87. The molecule has 0 bridgehead atoms. The zero-order valence-electron chi connectivity index (χ0n) is 19.6. The van der Waals surface area contributed by atoms with Crippen LogP contribution in [-0.4, -0.2) is 25.1 Å². The predicted octanol–water partition coefficient (Wildman–Crippen LogP) is 4.73. The average molecular weight is 461 g/mol. The number of aryl methyl sites for hydroxylation is 3. The first-order chi connectivity index (χ1) is 16.5. The maximum absolute atomic E-state index is 12.9. The number of rotatable bonds is 6. The molecule has 4 aromatic rings. The Hall–Kier alpha value is -3.74. The van der Waals surface area contributed by atoms with Crippen molar-refractivity contribution in [1.29, 1.82) is 0 Å². The number of nitrogens with one attached hydrogen (secondary N) is 2. The minimum absolute atomic E-state index is 0.00690. The van der Waals surface area contributed by atoms with Crippen molar-refractivity contribution in [3.63, 3.8) is 0 Å². The third kappa shape index (κ3) is 4.02. The first kappa shape index (κ1) is 22.1. The number of H-pyrrole nitrogens is 1. The Labute approximate surface area is 197 Å². The number of hydrogen-bond acceptors (Lipinski definition) is 5. The minimum atomic E-state index is -0.388. The molecule has 0 saturated carbocycles. The number of aromatic nitrogens is 1.